The molecular formula is C32H28N4O. The van der Waals surface area contributed by atoms with Gasteiger partial charge in [0.1, 0.15) is 16.5 Å². The Labute approximate surface area is 218 Å². The van der Waals surface area contributed by atoms with E-state index in [1.807, 2.05) is 98.8 Å². The van der Waals surface area contributed by atoms with Gasteiger partial charge < -0.3 is 5.21 Å². The number of azo groups is 1. The van der Waals surface area contributed by atoms with Crippen LogP contribution in [0.25, 0.3) is 0 Å². The van der Waals surface area contributed by atoms with E-state index in [1.165, 1.54) is 0 Å². The summed E-state index contributed by atoms with van der Waals surface area (Å²) in [6, 6.07) is 38.7. The van der Waals surface area contributed by atoms with E-state index in [0.717, 1.165) is 22.3 Å². The van der Waals surface area contributed by atoms with E-state index in [0.29, 0.717) is 29.1 Å². The van der Waals surface area contributed by atoms with Gasteiger partial charge in [-0.05, 0) is 47.2 Å². The molecule has 0 aromatic heterocycles. The second-order valence-electron chi connectivity index (χ2n) is 8.94. The van der Waals surface area contributed by atoms with Gasteiger partial charge >= 0.3 is 0 Å². The molecule has 37 heavy (non-hydrogen) atoms. The summed E-state index contributed by atoms with van der Waals surface area (Å²) in [7, 11) is 0. The molecule has 5 heteroatoms. The third-order valence-corrected chi connectivity index (χ3v) is 7.12. The average Bonchev–Trinajstić information content (AvgIpc) is 2.97. The largest absolute Gasteiger partial charge is 0.594 e. The second-order valence-corrected chi connectivity index (χ2v) is 8.94. The van der Waals surface area contributed by atoms with Crippen molar-refractivity contribution in [3.63, 3.8) is 0 Å². The van der Waals surface area contributed by atoms with Crippen LogP contribution in [-0.2, 0) is 10.8 Å². The maximum absolute atomic E-state index is 12.8. The van der Waals surface area contributed by atoms with Crippen LogP contribution < -0.4 is 0 Å². The van der Waals surface area contributed by atoms with Crippen LogP contribution in [-0.4, -0.2) is 4.86 Å². The van der Waals surface area contributed by atoms with Gasteiger partial charge in [0.2, 0.25) is 5.69 Å². The van der Waals surface area contributed by atoms with Crippen molar-refractivity contribution < 1.29 is 4.86 Å². The van der Waals surface area contributed by atoms with Gasteiger partial charge in [-0.25, -0.2) is 0 Å². The van der Waals surface area contributed by atoms with Gasteiger partial charge in [-0.15, -0.1) is 0 Å². The van der Waals surface area contributed by atoms with Crippen molar-refractivity contribution in [2.75, 3.05) is 0 Å². The van der Waals surface area contributed by atoms with Crippen molar-refractivity contribution in [2.24, 2.45) is 5.11 Å². The lowest BCUT2D eigenvalue weighted by atomic mass is 9.74. The summed E-state index contributed by atoms with van der Waals surface area (Å²) in [5.74, 6) is 0. The number of benzene rings is 4. The Hall–Kier alpha value is -4.74. The molecule has 0 saturated carbocycles. The van der Waals surface area contributed by atoms with Crippen LogP contribution in [0.3, 0.4) is 0 Å². The van der Waals surface area contributed by atoms with Gasteiger partial charge in [0, 0.05) is 17.2 Å². The van der Waals surface area contributed by atoms with Crippen molar-refractivity contribution in [2.45, 2.75) is 37.5 Å². The van der Waals surface area contributed by atoms with Crippen LogP contribution in [0, 0.1) is 27.9 Å². The first-order valence-corrected chi connectivity index (χ1v) is 12.4. The zero-order valence-electron chi connectivity index (χ0n) is 21.0. The molecule has 4 aromatic rings. The van der Waals surface area contributed by atoms with E-state index >= 15 is 0 Å². The molecule has 0 radical (unpaired) electrons. The molecule has 2 atom stereocenters. The number of nitriles is 2. The van der Waals surface area contributed by atoms with Crippen LogP contribution in [0.1, 0.15) is 48.9 Å². The molecule has 0 spiro atoms. The highest BCUT2D eigenvalue weighted by Crippen LogP contribution is 2.37. The van der Waals surface area contributed by atoms with Crippen molar-refractivity contribution in [3.8, 4) is 12.1 Å². The second kappa shape index (κ2) is 10.9. The van der Waals surface area contributed by atoms with Gasteiger partial charge in [-0.3, -0.25) is 0 Å². The van der Waals surface area contributed by atoms with E-state index in [4.69, 9.17) is 0 Å². The predicted molar refractivity (Wildman–Crippen MR) is 145 cm³/mol. The lowest BCUT2D eigenvalue weighted by molar-refractivity contribution is -0.435. The van der Waals surface area contributed by atoms with E-state index in [-0.39, 0.29) is 0 Å². The van der Waals surface area contributed by atoms with Gasteiger partial charge in [0.15, 0.2) is 0 Å². The standard InChI is InChI=1S/C32H28N4O/c1-3-31(23-33,25-11-7-5-8-12-25)27-15-19-29(20-16-27)35-36(37)30-21-17-28(18-22-30)32(4-2,24-34)26-13-9-6-10-14-26/h5-22H,3-4H2,1-2H3/t31-,32-/m0/s1. The lowest BCUT2D eigenvalue weighted by Crippen LogP contribution is -2.24. The highest BCUT2D eigenvalue weighted by Gasteiger charge is 2.33. The van der Waals surface area contributed by atoms with E-state index in [1.54, 1.807) is 24.3 Å². The first kappa shape index (κ1) is 25.4. The lowest BCUT2D eigenvalue weighted by Gasteiger charge is -2.26. The van der Waals surface area contributed by atoms with Gasteiger partial charge in [0.05, 0.1) is 12.1 Å². The van der Waals surface area contributed by atoms with Crippen molar-refractivity contribution in [1.82, 2.24) is 0 Å². The minimum absolute atomic E-state index is 0.369. The molecule has 0 saturated heterocycles. The van der Waals surface area contributed by atoms with Crippen LogP contribution in [0.4, 0.5) is 11.4 Å². The zero-order valence-corrected chi connectivity index (χ0v) is 21.0. The molecule has 0 aliphatic rings. The quantitative estimate of drug-likeness (QED) is 0.144. The normalized spacial score (nSPS) is 14.5. The van der Waals surface area contributed by atoms with Crippen molar-refractivity contribution >= 4 is 11.4 Å². The maximum atomic E-state index is 12.8. The summed E-state index contributed by atoms with van der Waals surface area (Å²) >= 11 is 0. The fraction of sp³-hybridized carbons (Fsp3) is 0.188. The maximum Gasteiger partial charge on any atom is 0.244 e. The van der Waals surface area contributed by atoms with Crippen LogP contribution in [0.5, 0.6) is 0 Å². The highest BCUT2D eigenvalue weighted by molar-refractivity contribution is 5.50. The number of hydrogen-bond donors (Lipinski definition) is 0. The zero-order chi connectivity index (χ0) is 26.3. The number of hydrogen-bond acceptors (Lipinski definition) is 4. The SMILES string of the molecule is CC[C@](C#N)(c1ccccc1)c1ccc(N=[N+]([O-])c2ccc([C@](C#N)(CC)c3ccccc3)cc2)cc1. The Kier molecular flexibility index (Phi) is 7.47. The highest BCUT2D eigenvalue weighted by atomic mass is 16.5. The minimum Gasteiger partial charge on any atom is -0.594 e. The average molecular weight is 485 g/mol. The summed E-state index contributed by atoms with van der Waals surface area (Å²) in [6.07, 6.45) is 1.23. The molecule has 0 unspecified atom stereocenters. The third-order valence-electron chi connectivity index (χ3n) is 7.12. The van der Waals surface area contributed by atoms with Crippen molar-refractivity contribution in [1.29, 1.82) is 10.5 Å². The first-order chi connectivity index (χ1) is 18.0. The molecule has 5 nitrogen and oxygen atoms in total. The van der Waals surface area contributed by atoms with Gasteiger partial charge in [0.25, 0.3) is 0 Å². The smallest absolute Gasteiger partial charge is 0.244 e. The number of nitrogens with zero attached hydrogens (tertiary/aromatic N) is 4. The molecule has 4 rings (SSSR count). The molecule has 0 amide bonds. The molecule has 182 valence electrons. The fourth-order valence-electron chi connectivity index (χ4n) is 4.86. The summed E-state index contributed by atoms with van der Waals surface area (Å²) in [6.45, 7) is 3.98. The molecule has 0 fully saturated rings. The fourth-order valence-corrected chi connectivity index (χ4v) is 4.86. The summed E-state index contributed by atoms with van der Waals surface area (Å²) in [4.78, 5) is 0.579. The van der Waals surface area contributed by atoms with E-state index in [2.05, 4.69) is 17.3 Å². The Morgan fingerprint density at radius 2 is 1.00 bits per heavy atom. The molecular weight excluding hydrogens is 456 g/mol. The topological polar surface area (TPSA) is 86.0 Å². The Morgan fingerprint density at radius 1 is 0.622 bits per heavy atom. The third kappa shape index (κ3) is 4.73. The first-order valence-electron chi connectivity index (χ1n) is 12.4. The molecule has 0 bridgehead atoms. The molecule has 4 aromatic carbocycles. The molecule has 0 aliphatic carbocycles. The summed E-state index contributed by atoms with van der Waals surface area (Å²) in [5.41, 5.74) is 2.86. The van der Waals surface area contributed by atoms with Crippen molar-refractivity contribution in [3.05, 3.63) is 137 Å². The number of rotatable bonds is 8. The molecule has 0 N–H and O–H groups in total. The summed E-state index contributed by atoms with van der Waals surface area (Å²) < 4.78 is 0. The Morgan fingerprint density at radius 3 is 1.38 bits per heavy atom. The molecule has 0 heterocycles. The van der Waals surface area contributed by atoms with E-state index in [9.17, 15) is 15.7 Å². The van der Waals surface area contributed by atoms with Gasteiger partial charge in [-0.1, -0.05) is 104 Å². The van der Waals surface area contributed by atoms with E-state index < -0.39 is 10.8 Å². The Balaban J connectivity index is 1.61. The van der Waals surface area contributed by atoms with Crippen LogP contribution in [0.2, 0.25) is 0 Å². The van der Waals surface area contributed by atoms with Crippen LogP contribution in [0.15, 0.2) is 114 Å². The predicted octanol–water partition coefficient (Wildman–Crippen LogP) is 8.05. The monoisotopic (exact) mass is 484 g/mol. The minimum atomic E-state index is -0.786. The van der Waals surface area contributed by atoms with Gasteiger partial charge in [-0.2, -0.15) is 10.5 Å². The Bertz CT molecular complexity index is 1450. The molecule has 0 aliphatic heterocycles. The van der Waals surface area contributed by atoms with Crippen LogP contribution >= 0.6 is 0 Å². The summed E-state index contributed by atoms with van der Waals surface area (Å²) in [5, 5.41) is 37.2.